The van der Waals surface area contributed by atoms with Gasteiger partial charge in [0.15, 0.2) is 0 Å². The number of carbonyl (C=O) groups is 1. The maximum atomic E-state index is 12.0. The van der Waals surface area contributed by atoms with Crippen LogP contribution in [0.25, 0.3) is 0 Å². The molecular formula is C14H21NO3. The quantitative estimate of drug-likeness (QED) is 0.863. The fourth-order valence-electron chi connectivity index (χ4n) is 2.74. The van der Waals surface area contributed by atoms with Crippen LogP contribution in [0, 0.1) is 5.92 Å². The lowest BCUT2D eigenvalue weighted by Crippen LogP contribution is -2.54. The number of nitrogens with one attached hydrogen (secondary N) is 1. The van der Waals surface area contributed by atoms with Gasteiger partial charge in [0.1, 0.15) is 6.26 Å². The first-order chi connectivity index (χ1) is 8.65. The van der Waals surface area contributed by atoms with Crippen molar-refractivity contribution in [1.29, 1.82) is 0 Å². The highest BCUT2D eigenvalue weighted by Crippen LogP contribution is 2.32. The van der Waals surface area contributed by atoms with Gasteiger partial charge in [0.25, 0.3) is 5.91 Å². The molecule has 1 aliphatic carbocycles. The van der Waals surface area contributed by atoms with Crippen LogP contribution in [0.3, 0.4) is 0 Å². The van der Waals surface area contributed by atoms with Crippen LogP contribution in [0.5, 0.6) is 0 Å². The van der Waals surface area contributed by atoms with Crippen molar-refractivity contribution in [3.8, 4) is 0 Å². The Morgan fingerprint density at radius 2 is 2.22 bits per heavy atom. The highest BCUT2D eigenvalue weighted by molar-refractivity contribution is 5.94. The second-order valence-electron chi connectivity index (χ2n) is 5.38. The Morgan fingerprint density at radius 1 is 1.50 bits per heavy atom. The lowest BCUT2D eigenvalue weighted by Gasteiger charge is -2.39. The van der Waals surface area contributed by atoms with Crippen molar-refractivity contribution in [3.05, 3.63) is 24.2 Å². The molecule has 100 valence electrons. The molecule has 1 aliphatic rings. The van der Waals surface area contributed by atoms with E-state index in [1.165, 1.54) is 31.8 Å². The summed E-state index contributed by atoms with van der Waals surface area (Å²) in [7, 11) is 0. The minimum atomic E-state index is -0.533. The van der Waals surface area contributed by atoms with Gasteiger partial charge in [-0.15, -0.1) is 0 Å². The molecule has 0 spiro atoms. The maximum absolute atomic E-state index is 12.0. The van der Waals surface area contributed by atoms with Crippen molar-refractivity contribution < 1.29 is 14.3 Å². The lowest BCUT2D eigenvalue weighted by molar-refractivity contribution is 0.0679. The van der Waals surface area contributed by atoms with Crippen LogP contribution >= 0.6 is 0 Å². The van der Waals surface area contributed by atoms with E-state index < -0.39 is 5.54 Å². The number of hydrogen-bond donors (Lipinski definition) is 2. The maximum Gasteiger partial charge on any atom is 0.255 e. The summed E-state index contributed by atoms with van der Waals surface area (Å²) in [4.78, 5) is 12.0. The van der Waals surface area contributed by atoms with E-state index in [0.717, 1.165) is 12.8 Å². The zero-order chi connectivity index (χ0) is 13.0. The summed E-state index contributed by atoms with van der Waals surface area (Å²) >= 11 is 0. The Balaban J connectivity index is 2.05. The van der Waals surface area contributed by atoms with Crippen molar-refractivity contribution in [2.24, 2.45) is 5.92 Å². The van der Waals surface area contributed by atoms with Gasteiger partial charge < -0.3 is 14.8 Å². The van der Waals surface area contributed by atoms with E-state index in [1.54, 1.807) is 6.07 Å². The lowest BCUT2D eigenvalue weighted by atomic mass is 9.76. The molecule has 0 aliphatic heterocycles. The van der Waals surface area contributed by atoms with Crippen molar-refractivity contribution in [1.82, 2.24) is 5.32 Å². The Labute approximate surface area is 107 Å². The normalized spacial score (nSPS) is 20.3. The molecule has 18 heavy (non-hydrogen) atoms. The average molecular weight is 251 g/mol. The monoisotopic (exact) mass is 251 g/mol. The molecule has 4 nitrogen and oxygen atoms in total. The summed E-state index contributed by atoms with van der Waals surface area (Å²) in [6.45, 7) is 1.90. The number of carbonyl (C=O) groups excluding carboxylic acids is 1. The van der Waals surface area contributed by atoms with E-state index in [1.807, 2.05) is 6.92 Å². The topological polar surface area (TPSA) is 62.5 Å². The number of aliphatic hydroxyl groups excluding tert-OH is 1. The van der Waals surface area contributed by atoms with Crippen molar-refractivity contribution in [2.45, 2.75) is 44.6 Å². The van der Waals surface area contributed by atoms with Crippen molar-refractivity contribution in [3.63, 3.8) is 0 Å². The molecule has 1 amide bonds. The van der Waals surface area contributed by atoms with Gasteiger partial charge in [0, 0.05) is 0 Å². The van der Waals surface area contributed by atoms with Gasteiger partial charge in [0.2, 0.25) is 0 Å². The minimum absolute atomic E-state index is 0.0265. The Bertz CT molecular complexity index is 382. The van der Waals surface area contributed by atoms with Gasteiger partial charge in [0.05, 0.1) is 24.0 Å². The highest BCUT2D eigenvalue weighted by Gasteiger charge is 2.36. The number of amides is 1. The van der Waals surface area contributed by atoms with E-state index in [4.69, 9.17) is 4.42 Å². The zero-order valence-corrected chi connectivity index (χ0v) is 10.8. The largest absolute Gasteiger partial charge is 0.472 e. The molecule has 0 saturated heterocycles. The smallest absolute Gasteiger partial charge is 0.255 e. The summed E-state index contributed by atoms with van der Waals surface area (Å²) < 4.78 is 4.91. The van der Waals surface area contributed by atoms with Gasteiger partial charge in [-0.3, -0.25) is 4.79 Å². The first-order valence-corrected chi connectivity index (χ1v) is 6.61. The third-order valence-electron chi connectivity index (χ3n) is 4.02. The number of hydrogen-bond acceptors (Lipinski definition) is 3. The molecule has 2 N–H and O–H groups in total. The molecule has 1 atom stereocenters. The second kappa shape index (κ2) is 5.57. The van der Waals surface area contributed by atoms with Gasteiger partial charge in [-0.25, -0.2) is 0 Å². The van der Waals surface area contributed by atoms with Crippen molar-refractivity contribution >= 4 is 5.91 Å². The molecule has 1 fully saturated rings. The van der Waals surface area contributed by atoms with E-state index >= 15 is 0 Å². The summed E-state index contributed by atoms with van der Waals surface area (Å²) in [5.41, 5.74) is -0.0279. The van der Waals surface area contributed by atoms with Crippen LogP contribution in [-0.2, 0) is 0 Å². The van der Waals surface area contributed by atoms with Gasteiger partial charge in [-0.1, -0.05) is 19.3 Å². The van der Waals surface area contributed by atoms with Gasteiger partial charge in [-0.05, 0) is 31.7 Å². The van der Waals surface area contributed by atoms with Crippen LogP contribution in [0.15, 0.2) is 23.0 Å². The summed E-state index contributed by atoms with van der Waals surface area (Å²) in [5, 5.41) is 12.6. The summed E-state index contributed by atoms with van der Waals surface area (Å²) in [6, 6.07) is 1.63. The zero-order valence-electron chi connectivity index (χ0n) is 10.8. The Kier molecular flexibility index (Phi) is 4.07. The predicted octanol–water partition coefficient (Wildman–Crippen LogP) is 2.34. The molecule has 0 unspecified atom stereocenters. The molecule has 1 aromatic rings. The van der Waals surface area contributed by atoms with Crippen LogP contribution < -0.4 is 5.32 Å². The Hall–Kier alpha value is -1.29. The first-order valence-electron chi connectivity index (χ1n) is 6.61. The van der Waals surface area contributed by atoms with Crippen LogP contribution in [-0.4, -0.2) is 23.2 Å². The standard InChI is InChI=1S/C14H21NO3/c1-14(10-16,12-5-3-2-4-6-12)15-13(17)11-7-8-18-9-11/h7-9,12,16H,2-6,10H2,1H3,(H,15,17)/t14-/m1/s1. The molecule has 2 rings (SSSR count). The fraction of sp³-hybridized carbons (Fsp3) is 0.643. The average Bonchev–Trinajstić information content (AvgIpc) is 2.93. The Morgan fingerprint density at radius 3 is 2.78 bits per heavy atom. The molecular weight excluding hydrogens is 230 g/mol. The van der Waals surface area contributed by atoms with Crippen LogP contribution in [0.4, 0.5) is 0 Å². The van der Waals surface area contributed by atoms with Crippen LogP contribution in [0.1, 0.15) is 49.4 Å². The molecule has 1 aromatic heterocycles. The molecule has 1 heterocycles. The molecule has 0 bridgehead atoms. The minimum Gasteiger partial charge on any atom is -0.472 e. The van der Waals surface area contributed by atoms with E-state index in [2.05, 4.69) is 5.32 Å². The van der Waals surface area contributed by atoms with E-state index in [-0.39, 0.29) is 12.5 Å². The van der Waals surface area contributed by atoms with Gasteiger partial charge >= 0.3 is 0 Å². The van der Waals surface area contributed by atoms with Crippen molar-refractivity contribution in [2.75, 3.05) is 6.61 Å². The number of rotatable bonds is 4. The third kappa shape index (κ3) is 2.75. The molecule has 4 heteroatoms. The third-order valence-corrected chi connectivity index (χ3v) is 4.02. The summed E-state index contributed by atoms with van der Waals surface area (Å²) in [5.74, 6) is 0.179. The molecule has 0 radical (unpaired) electrons. The van der Waals surface area contributed by atoms with E-state index in [0.29, 0.717) is 11.5 Å². The second-order valence-corrected chi connectivity index (χ2v) is 5.38. The predicted molar refractivity (Wildman–Crippen MR) is 68.2 cm³/mol. The first kappa shape index (κ1) is 13.1. The van der Waals surface area contributed by atoms with E-state index in [9.17, 15) is 9.90 Å². The SMILES string of the molecule is C[C@](CO)(NC(=O)c1ccoc1)C1CCCCC1. The number of aliphatic hydroxyl groups is 1. The number of furan rings is 1. The fourth-order valence-corrected chi connectivity index (χ4v) is 2.74. The van der Waals surface area contributed by atoms with Crippen LogP contribution in [0.2, 0.25) is 0 Å². The molecule has 0 aromatic carbocycles. The van der Waals surface area contributed by atoms with Gasteiger partial charge in [-0.2, -0.15) is 0 Å². The summed E-state index contributed by atoms with van der Waals surface area (Å²) in [6.07, 6.45) is 8.67. The highest BCUT2D eigenvalue weighted by atomic mass is 16.3. The molecule has 1 saturated carbocycles.